The Bertz CT molecular complexity index is 590. The summed E-state index contributed by atoms with van der Waals surface area (Å²) in [4.78, 5) is 1.94. The summed E-state index contributed by atoms with van der Waals surface area (Å²) in [6.45, 7) is 3.33. The highest BCUT2D eigenvalue weighted by Gasteiger charge is 2.10. The Balaban J connectivity index is 2.21. The van der Waals surface area contributed by atoms with Crippen molar-refractivity contribution in [3.63, 3.8) is 0 Å². The molecule has 1 heterocycles. The Hall–Kier alpha value is -1.69. The number of H-pyrrole nitrogens is 1. The van der Waals surface area contributed by atoms with Gasteiger partial charge >= 0.3 is 0 Å². The lowest BCUT2D eigenvalue weighted by Crippen LogP contribution is -2.20. The summed E-state index contributed by atoms with van der Waals surface area (Å²) in [5.74, 6) is 0.530. The van der Waals surface area contributed by atoms with E-state index in [0.29, 0.717) is 11.3 Å². The highest BCUT2D eigenvalue weighted by Crippen LogP contribution is 2.13. The van der Waals surface area contributed by atoms with Crippen molar-refractivity contribution >= 4 is 18.2 Å². The number of nitrogens with zero attached hydrogens (tertiary/aromatic N) is 3. The fourth-order valence-electron chi connectivity index (χ4n) is 1.87. The summed E-state index contributed by atoms with van der Waals surface area (Å²) >= 11 is 5.13. The van der Waals surface area contributed by atoms with Gasteiger partial charge in [0.2, 0.25) is 5.95 Å². The lowest BCUT2D eigenvalue weighted by molar-refractivity contribution is 0.624. The van der Waals surface area contributed by atoms with Crippen molar-refractivity contribution in [2.45, 2.75) is 20.0 Å². The number of rotatable bonds is 4. The molecule has 96 valence electrons. The van der Waals surface area contributed by atoms with Crippen molar-refractivity contribution < 1.29 is 4.39 Å². The Kier molecular flexibility index (Phi) is 3.76. The third-order valence-corrected chi connectivity index (χ3v) is 3.02. The van der Waals surface area contributed by atoms with Crippen LogP contribution in [0, 0.1) is 10.6 Å². The third-order valence-electron chi connectivity index (χ3n) is 2.70. The van der Waals surface area contributed by atoms with Crippen molar-refractivity contribution in [2.24, 2.45) is 0 Å². The molecule has 4 nitrogen and oxygen atoms in total. The van der Waals surface area contributed by atoms with Crippen LogP contribution in [0.1, 0.15) is 12.5 Å². The molecule has 0 amide bonds. The highest BCUT2D eigenvalue weighted by atomic mass is 32.1. The van der Waals surface area contributed by atoms with Crippen molar-refractivity contribution in [1.29, 1.82) is 0 Å². The lowest BCUT2D eigenvalue weighted by atomic mass is 10.2. The van der Waals surface area contributed by atoms with E-state index in [-0.39, 0.29) is 5.82 Å². The van der Waals surface area contributed by atoms with E-state index >= 15 is 0 Å². The second-order valence-corrected chi connectivity index (χ2v) is 4.45. The van der Waals surface area contributed by atoms with Crippen LogP contribution in [0.3, 0.4) is 0 Å². The van der Waals surface area contributed by atoms with Gasteiger partial charge in [0.15, 0.2) is 4.77 Å². The SMILES string of the molecule is CCn1c(N(C)Cc2cccc(F)c2)n[nH]c1=S. The molecule has 1 N–H and O–H groups in total. The fourth-order valence-corrected chi connectivity index (χ4v) is 2.12. The van der Waals surface area contributed by atoms with Crippen molar-refractivity contribution in [1.82, 2.24) is 14.8 Å². The van der Waals surface area contributed by atoms with E-state index < -0.39 is 0 Å². The number of nitrogens with one attached hydrogen (secondary N) is 1. The lowest BCUT2D eigenvalue weighted by Gasteiger charge is -2.18. The predicted molar refractivity (Wildman–Crippen MR) is 71.6 cm³/mol. The van der Waals surface area contributed by atoms with Gasteiger partial charge in [-0.1, -0.05) is 12.1 Å². The van der Waals surface area contributed by atoms with E-state index in [1.807, 2.05) is 29.5 Å². The molecule has 0 bridgehead atoms. The predicted octanol–water partition coefficient (Wildman–Crippen LogP) is 2.74. The van der Waals surface area contributed by atoms with Crippen LogP contribution in [0.15, 0.2) is 24.3 Å². The van der Waals surface area contributed by atoms with Crippen LogP contribution in [0.4, 0.5) is 10.3 Å². The van der Waals surface area contributed by atoms with Gasteiger partial charge in [0.1, 0.15) is 5.82 Å². The van der Waals surface area contributed by atoms with Gasteiger partial charge in [0, 0.05) is 20.1 Å². The monoisotopic (exact) mass is 266 g/mol. The average Bonchev–Trinajstić information content (AvgIpc) is 2.70. The van der Waals surface area contributed by atoms with Crippen LogP contribution in [0.25, 0.3) is 0 Å². The van der Waals surface area contributed by atoms with Gasteiger partial charge in [-0.05, 0) is 36.8 Å². The first kappa shape index (κ1) is 12.8. The maximum absolute atomic E-state index is 13.1. The Morgan fingerprint density at radius 3 is 2.94 bits per heavy atom. The first-order chi connectivity index (χ1) is 8.61. The zero-order valence-corrected chi connectivity index (χ0v) is 11.2. The van der Waals surface area contributed by atoms with Crippen LogP contribution < -0.4 is 4.90 Å². The van der Waals surface area contributed by atoms with Gasteiger partial charge in [0.05, 0.1) is 0 Å². The van der Waals surface area contributed by atoms with Crippen molar-refractivity contribution in [2.75, 3.05) is 11.9 Å². The number of benzene rings is 1. The molecule has 18 heavy (non-hydrogen) atoms. The summed E-state index contributed by atoms with van der Waals surface area (Å²) in [7, 11) is 1.90. The molecule has 0 fully saturated rings. The first-order valence-corrected chi connectivity index (χ1v) is 6.13. The average molecular weight is 266 g/mol. The molecule has 0 saturated carbocycles. The highest BCUT2D eigenvalue weighted by molar-refractivity contribution is 7.71. The van der Waals surface area contributed by atoms with Gasteiger partial charge in [-0.3, -0.25) is 4.57 Å². The molecule has 0 aliphatic heterocycles. The molecule has 0 atom stereocenters. The summed E-state index contributed by atoms with van der Waals surface area (Å²) in [5, 5.41) is 6.95. The van der Waals surface area contributed by atoms with E-state index in [4.69, 9.17) is 12.2 Å². The summed E-state index contributed by atoms with van der Waals surface area (Å²) < 4.78 is 15.6. The second kappa shape index (κ2) is 5.30. The molecule has 0 unspecified atom stereocenters. The minimum absolute atomic E-state index is 0.227. The number of halogens is 1. The minimum Gasteiger partial charge on any atom is -0.340 e. The molecule has 0 saturated heterocycles. The van der Waals surface area contributed by atoms with E-state index in [0.717, 1.165) is 18.1 Å². The quantitative estimate of drug-likeness (QED) is 0.865. The molecule has 6 heteroatoms. The smallest absolute Gasteiger partial charge is 0.225 e. The van der Waals surface area contributed by atoms with Gasteiger partial charge in [-0.2, -0.15) is 0 Å². The zero-order chi connectivity index (χ0) is 13.1. The molecule has 0 aliphatic carbocycles. The van der Waals surface area contributed by atoms with E-state index in [1.54, 1.807) is 6.07 Å². The van der Waals surface area contributed by atoms with Gasteiger partial charge < -0.3 is 4.90 Å². The molecule has 2 rings (SSSR count). The molecular formula is C12H15FN4S. The van der Waals surface area contributed by atoms with E-state index in [1.165, 1.54) is 12.1 Å². The molecule has 1 aromatic carbocycles. The summed E-state index contributed by atoms with van der Waals surface area (Å²) in [6, 6.07) is 6.55. The number of anilines is 1. The molecule has 1 aromatic heterocycles. The van der Waals surface area contributed by atoms with Gasteiger partial charge in [-0.25, -0.2) is 9.49 Å². The maximum Gasteiger partial charge on any atom is 0.225 e. The van der Waals surface area contributed by atoms with Gasteiger partial charge in [-0.15, -0.1) is 5.10 Å². The molecule has 0 spiro atoms. The molecule has 2 aromatic rings. The maximum atomic E-state index is 13.1. The topological polar surface area (TPSA) is 36.9 Å². The molecule has 0 aliphatic rings. The Morgan fingerprint density at radius 1 is 1.50 bits per heavy atom. The summed E-state index contributed by atoms with van der Waals surface area (Å²) in [5.41, 5.74) is 0.897. The van der Waals surface area contributed by atoms with Gasteiger partial charge in [0.25, 0.3) is 0 Å². The third kappa shape index (κ3) is 2.59. The van der Waals surface area contributed by atoms with Crippen LogP contribution in [-0.2, 0) is 13.1 Å². The number of hydrogen-bond donors (Lipinski definition) is 1. The normalized spacial score (nSPS) is 10.6. The Morgan fingerprint density at radius 2 is 2.28 bits per heavy atom. The zero-order valence-electron chi connectivity index (χ0n) is 10.4. The minimum atomic E-state index is -0.227. The van der Waals surface area contributed by atoms with Crippen LogP contribution in [0.5, 0.6) is 0 Å². The summed E-state index contributed by atoms with van der Waals surface area (Å²) in [6.07, 6.45) is 0. The van der Waals surface area contributed by atoms with E-state index in [2.05, 4.69) is 10.2 Å². The van der Waals surface area contributed by atoms with Crippen LogP contribution in [-0.4, -0.2) is 21.8 Å². The second-order valence-electron chi connectivity index (χ2n) is 4.06. The number of aromatic amines is 1. The first-order valence-electron chi connectivity index (χ1n) is 5.72. The van der Waals surface area contributed by atoms with Crippen molar-refractivity contribution in [3.8, 4) is 0 Å². The Labute approximate surface area is 110 Å². The van der Waals surface area contributed by atoms with Crippen molar-refractivity contribution in [3.05, 3.63) is 40.4 Å². The number of aromatic nitrogens is 3. The fraction of sp³-hybridized carbons (Fsp3) is 0.333. The van der Waals surface area contributed by atoms with E-state index in [9.17, 15) is 4.39 Å². The van der Waals surface area contributed by atoms with Crippen LogP contribution >= 0.6 is 12.2 Å². The number of hydrogen-bond acceptors (Lipinski definition) is 3. The standard InChI is InChI=1S/C12H15FN4S/c1-3-17-11(14-15-12(17)18)16(2)8-9-5-4-6-10(13)7-9/h4-7H,3,8H2,1-2H3,(H,15,18). The molecule has 0 radical (unpaired) electrons. The molecular weight excluding hydrogens is 251 g/mol. The largest absolute Gasteiger partial charge is 0.340 e. The van der Waals surface area contributed by atoms with Crippen LogP contribution in [0.2, 0.25) is 0 Å².